The van der Waals surface area contributed by atoms with Crippen LogP contribution in [-0.4, -0.2) is 20.9 Å². The van der Waals surface area contributed by atoms with Gasteiger partial charge in [0.1, 0.15) is 6.04 Å². The Morgan fingerprint density at radius 3 is 2.89 bits per heavy atom. The molecule has 6 nitrogen and oxygen atoms in total. The molecule has 1 aromatic carbocycles. The van der Waals surface area contributed by atoms with Crippen LogP contribution in [0.3, 0.4) is 0 Å². The van der Waals surface area contributed by atoms with Gasteiger partial charge in [-0.1, -0.05) is 29.8 Å². The summed E-state index contributed by atoms with van der Waals surface area (Å²) in [6.45, 7) is 7.87. The van der Waals surface area contributed by atoms with Gasteiger partial charge >= 0.3 is 0 Å². The van der Waals surface area contributed by atoms with E-state index in [0.29, 0.717) is 16.1 Å². The molecule has 28 heavy (non-hydrogen) atoms. The predicted molar refractivity (Wildman–Crippen MR) is 112 cm³/mol. The fourth-order valence-corrected chi connectivity index (χ4v) is 5.15. The first-order valence-corrected chi connectivity index (χ1v) is 10.4. The summed E-state index contributed by atoms with van der Waals surface area (Å²) in [6, 6.07) is 5.09. The maximum atomic E-state index is 13.1. The third-order valence-corrected chi connectivity index (χ3v) is 6.67. The molecular weight excluding hydrogens is 372 g/mol. The highest BCUT2D eigenvalue weighted by atomic mass is 32.1. The zero-order valence-corrected chi connectivity index (χ0v) is 17.4. The van der Waals surface area contributed by atoms with Crippen LogP contribution in [0.1, 0.15) is 47.9 Å². The molecule has 1 aliphatic rings. The van der Waals surface area contributed by atoms with Crippen molar-refractivity contribution in [2.24, 2.45) is 5.92 Å². The third kappa shape index (κ3) is 3.24. The van der Waals surface area contributed by atoms with Crippen molar-refractivity contribution < 1.29 is 4.79 Å². The van der Waals surface area contributed by atoms with Gasteiger partial charge in [0.2, 0.25) is 5.91 Å². The van der Waals surface area contributed by atoms with Crippen LogP contribution >= 0.6 is 11.3 Å². The van der Waals surface area contributed by atoms with Crippen LogP contribution in [0.5, 0.6) is 0 Å². The van der Waals surface area contributed by atoms with Gasteiger partial charge in [-0.15, -0.1) is 16.4 Å². The Morgan fingerprint density at radius 2 is 2.14 bits per heavy atom. The molecule has 0 unspecified atom stereocenters. The Hall–Kier alpha value is -2.54. The topological polar surface area (TPSA) is 76.9 Å². The molecule has 0 bridgehead atoms. The highest BCUT2D eigenvalue weighted by Crippen LogP contribution is 2.35. The van der Waals surface area contributed by atoms with Crippen molar-refractivity contribution in [3.05, 3.63) is 50.1 Å². The van der Waals surface area contributed by atoms with E-state index in [4.69, 9.17) is 0 Å². The number of hydrogen-bond acceptors (Lipinski definition) is 5. The number of hydrogen-bond donors (Lipinski definition) is 1. The van der Waals surface area contributed by atoms with Gasteiger partial charge in [0.05, 0.1) is 5.39 Å². The molecule has 2 heterocycles. The van der Waals surface area contributed by atoms with E-state index in [9.17, 15) is 9.59 Å². The minimum Gasteiger partial charge on any atom is -0.324 e. The molecular formula is C21H24N4O2S. The fourth-order valence-electron chi connectivity index (χ4n) is 3.83. The van der Waals surface area contributed by atoms with Gasteiger partial charge < -0.3 is 5.32 Å². The molecule has 0 aliphatic heterocycles. The summed E-state index contributed by atoms with van der Waals surface area (Å²) in [5.41, 5.74) is 3.74. The summed E-state index contributed by atoms with van der Waals surface area (Å²) >= 11 is 1.56. The summed E-state index contributed by atoms with van der Waals surface area (Å²) in [5.74, 6) is 0.346. The number of thiophene rings is 1. The lowest BCUT2D eigenvalue weighted by atomic mass is 9.89. The first kappa shape index (κ1) is 18.8. The zero-order valence-electron chi connectivity index (χ0n) is 16.6. The maximum Gasteiger partial charge on any atom is 0.279 e. The number of anilines is 1. The predicted octanol–water partition coefficient (Wildman–Crippen LogP) is 3.79. The molecule has 146 valence electrons. The molecule has 7 heteroatoms. The smallest absolute Gasteiger partial charge is 0.279 e. The number of benzene rings is 1. The first-order valence-electron chi connectivity index (χ1n) is 9.63. The molecule has 1 N–H and O–H groups in total. The van der Waals surface area contributed by atoms with E-state index in [0.717, 1.165) is 41.6 Å². The van der Waals surface area contributed by atoms with Crippen molar-refractivity contribution >= 4 is 33.1 Å². The zero-order chi connectivity index (χ0) is 20.0. The van der Waals surface area contributed by atoms with Crippen LogP contribution in [-0.2, 0) is 17.6 Å². The van der Waals surface area contributed by atoms with Gasteiger partial charge in [-0.2, -0.15) is 4.68 Å². The average Bonchev–Trinajstić information content (AvgIpc) is 3.02. The normalized spacial score (nSPS) is 17.4. The Morgan fingerprint density at radius 1 is 1.36 bits per heavy atom. The average molecular weight is 397 g/mol. The van der Waals surface area contributed by atoms with E-state index in [1.165, 1.54) is 9.56 Å². The van der Waals surface area contributed by atoms with E-state index in [1.807, 2.05) is 32.0 Å². The highest BCUT2D eigenvalue weighted by Gasteiger charge is 2.26. The standard InChI is InChI=1S/C21H24N4O2S/c1-11-6-8-16(13(3)9-11)22-19(26)14(4)25-21(27)18-15-7-5-12(2)10-17(15)28-20(18)23-24-25/h6,8-9,12,14H,5,7,10H2,1-4H3,(H,22,26)/t12-,14-/m0/s1. The Bertz CT molecular complexity index is 1130. The van der Waals surface area contributed by atoms with Gasteiger partial charge in [-0.25, -0.2) is 0 Å². The van der Waals surface area contributed by atoms with E-state index in [-0.39, 0.29) is 11.5 Å². The van der Waals surface area contributed by atoms with Gasteiger partial charge in [0.25, 0.3) is 5.56 Å². The van der Waals surface area contributed by atoms with Crippen molar-refractivity contribution in [1.82, 2.24) is 15.0 Å². The minimum atomic E-state index is -0.747. The van der Waals surface area contributed by atoms with E-state index in [1.54, 1.807) is 18.3 Å². The van der Waals surface area contributed by atoms with Crippen molar-refractivity contribution in [2.75, 3.05) is 5.32 Å². The maximum absolute atomic E-state index is 13.1. The first-order chi connectivity index (χ1) is 13.3. The molecule has 0 fully saturated rings. The Balaban J connectivity index is 1.67. The number of nitrogens with zero attached hydrogens (tertiary/aromatic N) is 3. The lowest BCUT2D eigenvalue weighted by molar-refractivity contribution is -0.119. The van der Waals surface area contributed by atoms with Crippen LogP contribution in [0.25, 0.3) is 10.2 Å². The van der Waals surface area contributed by atoms with Gasteiger partial charge in [-0.05, 0) is 63.1 Å². The number of fused-ring (bicyclic) bond motifs is 3. The Labute approximate surface area is 167 Å². The molecule has 3 aromatic rings. The van der Waals surface area contributed by atoms with E-state index >= 15 is 0 Å². The van der Waals surface area contributed by atoms with Crippen molar-refractivity contribution in [3.8, 4) is 0 Å². The summed E-state index contributed by atoms with van der Waals surface area (Å²) < 4.78 is 1.21. The lowest BCUT2D eigenvalue weighted by Crippen LogP contribution is -2.34. The number of nitrogens with one attached hydrogen (secondary N) is 1. The van der Waals surface area contributed by atoms with E-state index in [2.05, 4.69) is 22.6 Å². The second-order valence-corrected chi connectivity index (χ2v) is 8.94. The number of carbonyl (C=O) groups is 1. The van der Waals surface area contributed by atoms with Crippen LogP contribution in [0.15, 0.2) is 23.0 Å². The molecule has 1 amide bonds. The molecule has 1 aliphatic carbocycles. The number of aromatic nitrogens is 3. The number of rotatable bonds is 3. The quantitative estimate of drug-likeness (QED) is 0.731. The van der Waals surface area contributed by atoms with Crippen molar-refractivity contribution in [2.45, 2.75) is 53.0 Å². The largest absolute Gasteiger partial charge is 0.324 e. The summed E-state index contributed by atoms with van der Waals surface area (Å²) in [4.78, 5) is 27.8. The van der Waals surface area contributed by atoms with Gasteiger partial charge in [-0.3, -0.25) is 9.59 Å². The number of carbonyl (C=O) groups excluding carboxylic acids is 1. The van der Waals surface area contributed by atoms with E-state index < -0.39 is 6.04 Å². The summed E-state index contributed by atoms with van der Waals surface area (Å²) in [6.07, 6.45) is 2.95. The summed E-state index contributed by atoms with van der Waals surface area (Å²) in [7, 11) is 0. The molecule has 0 saturated carbocycles. The van der Waals surface area contributed by atoms with Crippen molar-refractivity contribution in [1.29, 1.82) is 0 Å². The highest BCUT2D eigenvalue weighted by molar-refractivity contribution is 7.18. The molecule has 4 rings (SSSR count). The number of amides is 1. The molecule has 0 radical (unpaired) electrons. The Kier molecular flexibility index (Phi) is 4.79. The van der Waals surface area contributed by atoms with Crippen molar-refractivity contribution in [3.63, 3.8) is 0 Å². The second-order valence-electron chi connectivity index (χ2n) is 7.85. The second kappa shape index (κ2) is 7.13. The van der Waals surface area contributed by atoms with Crippen LogP contribution in [0.4, 0.5) is 5.69 Å². The minimum absolute atomic E-state index is 0.222. The van der Waals surface area contributed by atoms with Gasteiger partial charge in [0, 0.05) is 10.6 Å². The SMILES string of the molecule is Cc1ccc(NC(=O)[C@H](C)n2nnc3sc4c(c3c2=O)CC[C@H](C)C4)c(C)c1. The molecule has 2 aromatic heterocycles. The van der Waals surface area contributed by atoms with Crippen LogP contribution < -0.4 is 10.9 Å². The van der Waals surface area contributed by atoms with Gasteiger partial charge in [0.15, 0.2) is 4.83 Å². The lowest BCUT2D eigenvalue weighted by Gasteiger charge is -2.18. The van der Waals surface area contributed by atoms with Crippen LogP contribution in [0, 0.1) is 19.8 Å². The third-order valence-electron chi connectivity index (χ3n) is 5.53. The molecule has 2 atom stereocenters. The van der Waals surface area contributed by atoms with Crippen LogP contribution in [0.2, 0.25) is 0 Å². The number of aryl methyl sites for hydroxylation is 3. The molecule has 0 saturated heterocycles. The molecule has 0 spiro atoms. The fraction of sp³-hybridized carbons (Fsp3) is 0.429. The monoisotopic (exact) mass is 396 g/mol. The summed E-state index contributed by atoms with van der Waals surface area (Å²) in [5, 5.41) is 11.9.